The first-order valence-corrected chi connectivity index (χ1v) is 8.80. The van der Waals surface area contributed by atoms with Crippen LogP contribution in [0.3, 0.4) is 0 Å². The van der Waals surface area contributed by atoms with E-state index >= 15 is 0 Å². The summed E-state index contributed by atoms with van der Waals surface area (Å²) in [5, 5.41) is 10.1. The number of rotatable bonds is 5. The second kappa shape index (κ2) is 7.14. The van der Waals surface area contributed by atoms with E-state index in [9.17, 15) is 9.18 Å². The number of nitrogens with one attached hydrogen (secondary N) is 2. The lowest BCUT2D eigenvalue weighted by Gasteiger charge is -2.01. The minimum Gasteiger partial charge on any atom is -0.296 e. The van der Waals surface area contributed by atoms with Gasteiger partial charge in [0.15, 0.2) is 10.8 Å². The van der Waals surface area contributed by atoms with E-state index in [4.69, 9.17) is 0 Å². The van der Waals surface area contributed by atoms with E-state index in [1.165, 1.54) is 17.4 Å². The molecule has 3 aromatic rings. The molecule has 7 heteroatoms. The van der Waals surface area contributed by atoms with Gasteiger partial charge in [-0.05, 0) is 36.1 Å². The maximum absolute atomic E-state index is 13.6. The van der Waals surface area contributed by atoms with Gasteiger partial charge >= 0.3 is 0 Å². The van der Waals surface area contributed by atoms with Crippen molar-refractivity contribution in [1.29, 1.82) is 0 Å². The number of benzene rings is 1. The lowest BCUT2D eigenvalue weighted by molar-refractivity contribution is 0.102. The Morgan fingerprint density at radius 3 is 2.84 bits per heavy atom. The molecule has 130 valence electrons. The highest BCUT2D eigenvalue weighted by atomic mass is 32.1. The van der Waals surface area contributed by atoms with Crippen molar-refractivity contribution < 1.29 is 9.18 Å². The monoisotopic (exact) mass is 358 g/mol. The van der Waals surface area contributed by atoms with Gasteiger partial charge in [-0.15, -0.1) is 11.3 Å². The Morgan fingerprint density at radius 1 is 1.36 bits per heavy atom. The van der Waals surface area contributed by atoms with Crippen molar-refractivity contribution in [3.8, 4) is 0 Å². The topological polar surface area (TPSA) is 70.7 Å². The Kier molecular flexibility index (Phi) is 4.94. The zero-order valence-corrected chi connectivity index (χ0v) is 15.1. The number of nitrogens with zero attached hydrogens (tertiary/aromatic N) is 2. The van der Waals surface area contributed by atoms with Crippen LogP contribution in [0.4, 0.5) is 9.52 Å². The molecule has 0 spiro atoms. The molecule has 0 fully saturated rings. The molecule has 0 saturated carbocycles. The highest BCUT2D eigenvalue weighted by molar-refractivity contribution is 7.15. The largest absolute Gasteiger partial charge is 0.296 e. The van der Waals surface area contributed by atoms with Crippen LogP contribution in [-0.4, -0.2) is 21.1 Å². The molecule has 5 nitrogen and oxygen atoms in total. The van der Waals surface area contributed by atoms with Gasteiger partial charge in [-0.2, -0.15) is 5.10 Å². The van der Waals surface area contributed by atoms with Crippen LogP contribution in [0, 0.1) is 12.7 Å². The molecule has 2 aromatic heterocycles. The molecule has 1 amide bonds. The van der Waals surface area contributed by atoms with Crippen LogP contribution in [0.25, 0.3) is 0 Å². The van der Waals surface area contributed by atoms with E-state index in [0.29, 0.717) is 22.8 Å². The zero-order chi connectivity index (χ0) is 18.0. The van der Waals surface area contributed by atoms with E-state index in [-0.39, 0.29) is 17.6 Å². The van der Waals surface area contributed by atoms with Gasteiger partial charge in [-0.1, -0.05) is 26.0 Å². The molecule has 0 aliphatic rings. The fraction of sp³-hybridized carbons (Fsp3) is 0.278. The Hall–Kier alpha value is -2.54. The summed E-state index contributed by atoms with van der Waals surface area (Å²) in [6, 6.07) is 6.93. The minimum absolute atomic E-state index is 0.213. The number of carbonyl (C=O) groups excluding carboxylic acids is 1. The van der Waals surface area contributed by atoms with E-state index in [2.05, 4.69) is 20.5 Å². The first-order chi connectivity index (χ1) is 11.9. The SMILES string of the molecule is Cc1ccc(Cc2cnc(NC(=O)c3cc(C(C)C)[nH]n3)s2)cc1F. The summed E-state index contributed by atoms with van der Waals surface area (Å²) in [5.41, 5.74) is 2.74. The first kappa shape index (κ1) is 17.3. The summed E-state index contributed by atoms with van der Waals surface area (Å²) in [5.74, 6) is -0.240. The third kappa shape index (κ3) is 4.11. The van der Waals surface area contributed by atoms with E-state index in [0.717, 1.165) is 16.1 Å². The minimum atomic E-state index is -0.301. The molecular weight excluding hydrogens is 339 g/mol. The maximum atomic E-state index is 13.6. The number of hydrogen-bond donors (Lipinski definition) is 2. The molecule has 25 heavy (non-hydrogen) atoms. The van der Waals surface area contributed by atoms with Gasteiger partial charge in [0.25, 0.3) is 5.91 Å². The van der Waals surface area contributed by atoms with Gasteiger partial charge in [0.05, 0.1) is 0 Å². The highest BCUT2D eigenvalue weighted by Gasteiger charge is 2.14. The number of carbonyl (C=O) groups is 1. The van der Waals surface area contributed by atoms with Crippen LogP contribution in [0.2, 0.25) is 0 Å². The Labute approximate surface area is 149 Å². The average Bonchev–Trinajstić information content (AvgIpc) is 3.20. The van der Waals surface area contributed by atoms with Crippen LogP contribution < -0.4 is 5.32 Å². The summed E-state index contributed by atoms with van der Waals surface area (Å²) in [6.45, 7) is 5.78. The normalized spacial score (nSPS) is 11.1. The molecular formula is C18H19FN4OS. The second-order valence-corrected chi connectivity index (χ2v) is 7.32. The van der Waals surface area contributed by atoms with Crippen molar-refractivity contribution in [2.24, 2.45) is 0 Å². The van der Waals surface area contributed by atoms with Crippen molar-refractivity contribution in [1.82, 2.24) is 15.2 Å². The van der Waals surface area contributed by atoms with Crippen LogP contribution in [0.5, 0.6) is 0 Å². The standard InChI is InChI=1S/C18H19FN4OS/c1-10(2)15-8-16(23-22-15)17(24)21-18-20-9-13(25-18)6-12-5-4-11(3)14(19)7-12/h4-5,7-10H,6H2,1-3H3,(H,22,23)(H,20,21,24). The van der Waals surface area contributed by atoms with Crippen LogP contribution in [0.15, 0.2) is 30.5 Å². The number of amides is 1. The second-order valence-electron chi connectivity index (χ2n) is 6.21. The van der Waals surface area contributed by atoms with E-state index in [1.807, 2.05) is 19.9 Å². The van der Waals surface area contributed by atoms with Gasteiger partial charge in [0.2, 0.25) is 0 Å². The Balaban J connectivity index is 1.66. The molecule has 2 heterocycles. The van der Waals surface area contributed by atoms with Crippen molar-refractivity contribution in [3.63, 3.8) is 0 Å². The lowest BCUT2D eigenvalue weighted by Crippen LogP contribution is -2.11. The predicted octanol–water partition coefficient (Wildman–Crippen LogP) is 4.28. The van der Waals surface area contributed by atoms with E-state index < -0.39 is 0 Å². The smallest absolute Gasteiger partial charge is 0.277 e. The molecule has 0 radical (unpaired) electrons. The van der Waals surface area contributed by atoms with Gasteiger partial charge < -0.3 is 0 Å². The molecule has 0 aliphatic carbocycles. The van der Waals surface area contributed by atoms with Crippen LogP contribution in [0.1, 0.15) is 52.0 Å². The Bertz CT molecular complexity index is 900. The summed E-state index contributed by atoms with van der Waals surface area (Å²) in [7, 11) is 0. The van der Waals surface area contributed by atoms with Crippen molar-refractivity contribution in [2.45, 2.75) is 33.1 Å². The predicted molar refractivity (Wildman–Crippen MR) is 96.7 cm³/mol. The average molecular weight is 358 g/mol. The Morgan fingerprint density at radius 2 is 2.16 bits per heavy atom. The van der Waals surface area contributed by atoms with Crippen molar-refractivity contribution in [2.75, 3.05) is 5.32 Å². The fourth-order valence-corrected chi connectivity index (χ4v) is 3.15. The van der Waals surface area contributed by atoms with Crippen molar-refractivity contribution in [3.05, 3.63) is 63.7 Å². The third-order valence-electron chi connectivity index (χ3n) is 3.84. The zero-order valence-electron chi connectivity index (χ0n) is 14.3. The van der Waals surface area contributed by atoms with Crippen LogP contribution in [-0.2, 0) is 6.42 Å². The van der Waals surface area contributed by atoms with Gasteiger partial charge in [-0.3, -0.25) is 15.2 Å². The van der Waals surface area contributed by atoms with Gasteiger partial charge in [0.1, 0.15) is 5.82 Å². The number of H-pyrrole nitrogens is 1. The molecule has 3 rings (SSSR count). The summed E-state index contributed by atoms with van der Waals surface area (Å²) in [6.07, 6.45) is 2.27. The first-order valence-electron chi connectivity index (χ1n) is 7.98. The molecule has 0 atom stereocenters. The number of aromatic nitrogens is 3. The van der Waals surface area contributed by atoms with Gasteiger partial charge in [-0.25, -0.2) is 9.37 Å². The molecule has 0 aliphatic heterocycles. The summed E-state index contributed by atoms with van der Waals surface area (Å²) in [4.78, 5) is 17.4. The fourth-order valence-electron chi connectivity index (χ4n) is 2.30. The summed E-state index contributed by atoms with van der Waals surface area (Å²) >= 11 is 1.37. The number of aryl methyl sites for hydroxylation is 1. The van der Waals surface area contributed by atoms with Gasteiger partial charge in [0, 0.05) is 23.2 Å². The molecule has 2 N–H and O–H groups in total. The number of hydrogen-bond acceptors (Lipinski definition) is 4. The number of anilines is 1. The lowest BCUT2D eigenvalue weighted by atomic mass is 10.1. The quantitative estimate of drug-likeness (QED) is 0.715. The van der Waals surface area contributed by atoms with Crippen LogP contribution >= 0.6 is 11.3 Å². The number of halogens is 1. The molecule has 1 aromatic carbocycles. The molecule has 0 saturated heterocycles. The van der Waals surface area contributed by atoms with Crippen molar-refractivity contribution >= 4 is 22.4 Å². The number of thiazole rings is 1. The van der Waals surface area contributed by atoms with E-state index in [1.54, 1.807) is 25.3 Å². The molecule has 0 bridgehead atoms. The molecule has 0 unspecified atom stereocenters. The maximum Gasteiger partial charge on any atom is 0.277 e. The summed E-state index contributed by atoms with van der Waals surface area (Å²) < 4.78 is 13.6. The highest BCUT2D eigenvalue weighted by Crippen LogP contribution is 2.23. The number of aromatic amines is 1. The third-order valence-corrected chi connectivity index (χ3v) is 4.75.